The lowest BCUT2D eigenvalue weighted by molar-refractivity contribution is 0.193. The summed E-state index contributed by atoms with van der Waals surface area (Å²) in [4.78, 5) is 6.56. The van der Waals surface area contributed by atoms with Crippen LogP contribution < -0.4 is 4.74 Å². The standard InChI is InChI=1S/C20H22N4O2/c1-25-18-6-2-4-15(12-18)14-24-10-7-16(8-11-24)19-22-23-20(26-19)17-5-3-9-21-13-17/h2-6,9,12-13,16H,7-8,10-11,14H2,1H3. The second-order valence-electron chi connectivity index (χ2n) is 6.59. The first kappa shape index (κ1) is 16.7. The molecule has 6 heteroatoms. The molecule has 3 heterocycles. The number of pyridine rings is 1. The van der Waals surface area contributed by atoms with Crippen molar-refractivity contribution in [2.24, 2.45) is 0 Å². The maximum Gasteiger partial charge on any atom is 0.249 e. The van der Waals surface area contributed by atoms with E-state index < -0.39 is 0 Å². The van der Waals surface area contributed by atoms with Crippen molar-refractivity contribution in [2.75, 3.05) is 20.2 Å². The number of aromatic nitrogens is 3. The van der Waals surface area contributed by atoms with Crippen LogP contribution in [-0.4, -0.2) is 40.3 Å². The molecule has 1 aromatic carbocycles. The van der Waals surface area contributed by atoms with Crippen LogP contribution in [-0.2, 0) is 6.54 Å². The van der Waals surface area contributed by atoms with Crippen LogP contribution in [0.25, 0.3) is 11.5 Å². The second-order valence-corrected chi connectivity index (χ2v) is 6.59. The summed E-state index contributed by atoms with van der Waals surface area (Å²) in [7, 11) is 1.70. The molecule has 0 spiro atoms. The lowest BCUT2D eigenvalue weighted by Crippen LogP contribution is -2.32. The van der Waals surface area contributed by atoms with Crippen molar-refractivity contribution in [3.05, 3.63) is 60.2 Å². The van der Waals surface area contributed by atoms with E-state index in [4.69, 9.17) is 9.15 Å². The maximum absolute atomic E-state index is 5.90. The van der Waals surface area contributed by atoms with E-state index in [-0.39, 0.29) is 0 Å². The molecule has 0 amide bonds. The molecule has 1 aliphatic heterocycles. The molecule has 0 unspecified atom stereocenters. The van der Waals surface area contributed by atoms with Gasteiger partial charge in [-0.2, -0.15) is 0 Å². The first-order chi connectivity index (χ1) is 12.8. The zero-order valence-electron chi connectivity index (χ0n) is 14.8. The molecule has 0 bridgehead atoms. The number of hydrogen-bond acceptors (Lipinski definition) is 6. The molecule has 134 valence electrons. The largest absolute Gasteiger partial charge is 0.497 e. The Morgan fingerprint density at radius 1 is 1.15 bits per heavy atom. The molecular weight excluding hydrogens is 328 g/mol. The van der Waals surface area contributed by atoms with Crippen molar-refractivity contribution in [1.82, 2.24) is 20.1 Å². The molecule has 0 saturated carbocycles. The Morgan fingerprint density at radius 2 is 2.04 bits per heavy atom. The van der Waals surface area contributed by atoms with Gasteiger partial charge in [0.1, 0.15) is 5.75 Å². The van der Waals surface area contributed by atoms with E-state index in [1.54, 1.807) is 19.5 Å². The summed E-state index contributed by atoms with van der Waals surface area (Å²) in [5.74, 6) is 2.53. The van der Waals surface area contributed by atoms with Crippen LogP contribution in [0.4, 0.5) is 0 Å². The van der Waals surface area contributed by atoms with Crippen molar-refractivity contribution < 1.29 is 9.15 Å². The van der Waals surface area contributed by atoms with Crippen LogP contribution in [0.1, 0.15) is 30.2 Å². The van der Waals surface area contributed by atoms with E-state index in [0.29, 0.717) is 11.8 Å². The lowest BCUT2D eigenvalue weighted by Gasteiger charge is -2.30. The van der Waals surface area contributed by atoms with Crippen LogP contribution in [0.2, 0.25) is 0 Å². The predicted octanol–water partition coefficient (Wildman–Crippen LogP) is 3.52. The Morgan fingerprint density at radius 3 is 2.81 bits per heavy atom. The fraction of sp³-hybridized carbons (Fsp3) is 0.350. The van der Waals surface area contributed by atoms with Crippen LogP contribution in [0.15, 0.2) is 53.2 Å². The SMILES string of the molecule is COc1cccc(CN2CCC(c3nnc(-c4cccnc4)o3)CC2)c1. The molecule has 0 N–H and O–H groups in total. The van der Waals surface area contributed by atoms with Gasteiger partial charge in [-0.3, -0.25) is 9.88 Å². The van der Waals surface area contributed by atoms with Gasteiger partial charge >= 0.3 is 0 Å². The van der Waals surface area contributed by atoms with Crippen LogP contribution in [0.3, 0.4) is 0 Å². The molecule has 0 aliphatic carbocycles. The number of piperidine rings is 1. The molecule has 6 nitrogen and oxygen atoms in total. The van der Waals surface area contributed by atoms with Gasteiger partial charge in [0.25, 0.3) is 0 Å². The highest BCUT2D eigenvalue weighted by molar-refractivity contribution is 5.50. The first-order valence-electron chi connectivity index (χ1n) is 8.91. The Hall–Kier alpha value is -2.73. The molecular formula is C20H22N4O2. The van der Waals surface area contributed by atoms with E-state index in [0.717, 1.165) is 49.7 Å². The number of benzene rings is 1. The van der Waals surface area contributed by atoms with Gasteiger partial charge in [0.15, 0.2) is 0 Å². The Bertz CT molecular complexity index is 842. The number of hydrogen-bond donors (Lipinski definition) is 0. The normalized spacial score (nSPS) is 15.9. The molecule has 2 aromatic heterocycles. The second kappa shape index (κ2) is 7.66. The van der Waals surface area contributed by atoms with E-state index in [2.05, 4.69) is 32.2 Å². The van der Waals surface area contributed by atoms with Crippen LogP contribution in [0.5, 0.6) is 5.75 Å². The van der Waals surface area contributed by atoms with Gasteiger partial charge in [-0.1, -0.05) is 12.1 Å². The summed E-state index contributed by atoms with van der Waals surface area (Å²) in [6, 6.07) is 12.1. The number of rotatable bonds is 5. The summed E-state index contributed by atoms with van der Waals surface area (Å²) in [6.07, 6.45) is 5.53. The molecule has 1 aliphatic rings. The van der Waals surface area contributed by atoms with Crippen molar-refractivity contribution in [1.29, 1.82) is 0 Å². The summed E-state index contributed by atoms with van der Waals surface area (Å²) in [6.45, 7) is 2.98. The third-order valence-electron chi connectivity index (χ3n) is 4.83. The molecule has 1 fully saturated rings. The van der Waals surface area contributed by atoms with Gasteiger partial charge in [0.05, 0.1) is 12.7 Å². The molecule has 1 saturated heterocycles. The number of likely N-dealkylation sites (tertiary alicyclic amines) is 1. The average molecular weight is 350 g/mol. The Balaban J connectivity index is 1.36. The van der Waals surface area contributed by atoms with Gasteiger partial charge in [-0.05, 0) is 55.8 Å². The van der Waals surface area contributed by atoms with Crippen molar-refractivity contribution in [3.8, 4) is 17.2 Å². The van der Waals surface area contributed by atoms with Crippen LogP contribution in [0, 0.1) is 0 Å². The van der Waals surface area contributed by atoms with Gasteiger partial charge in [-0.15, -0.1) is 10.2 Å². The summed E-state index contributed by atoms with van der Waals surface area (Å²) in [5.41, 5.74) is 2.14. The van der Waals surface area contributed by atoms with Gasteiger partial charge < -0.3 is 9.15 Å². The van der Waals surface area contributed by atoms with E-state index in [1.165, 1.54) is 5.56 Å². The average Bonchev–Trinajstić information content (AvgIpc) is 3.20. The Labute approximate surface area is 152 Å². The third kappa shape index (κ3) is 3.75. The van der Waals surface area contributed by atoms with Gasteiger partial charge in [-0.25, -0.2) is 0 Å². The predicted molar refractivity (Wildman–Crippen MR) is 97.8 cm³/mol. The fourth-order valence-electron chi connectivity index (χ4n) is 3.37. The highest BCUT2D eigenvalue weighted by atomic mass is 16.5. The number of methoxy groups -OCH3 is 1. The first-order valence-corrected chi connectivity index (χ1v) is 8.91. The highest BCUT2D eigenvalue weighted by Gasteiger charge is 2.25. The Kier molecular flexibility index (Phi) is 4.93. The molecule has 26 heavy (non-hydrogen) atoms. The maximum atomic E-state index is 5.90. The molecule has 4 rings (SSSR count). The van der Waals surface area contributed by atoms with E-state index in [9.17, 15) is 0 Å². The summed E-state index contributed by atoms with van der Waals surface area (Å²) >= 11 is 0. The minimum Gasteiger partial charge on any atom is -0.497 e. The number of nitrogens with zero attached hydrogens (tertiary/aromatic N) is 4. The van der Waals surface area contributed by atoms with Crippen molar-refractivity contribution in [2.45, 2.75) is 25.3 Å². The topological polar surface area (TPSA) is 64.3 Å². The number of ether oxygens (including phenoxy) is 1. The minimum absolute atomic E-state index is 0.328. The molecule has 0 atom stereocenters. The zero-order chi connectivity index (χ0) is 17.8. The lowest BCUT2D eigenvalue weighted by atomic mass is 9.96. The van der Waals surface area contributed by atoms with Crippen LogP contribution >= 0.6 is 0 Å². The summed E-state index contributed by atoms with van der Waals surface area (Å²) < 4.78 is 11.2. The van der Waals surface area contributed by atoms with Gasteiger partial charge in [0, 0.05) is 24.9 Å². The quantitative estimate of drug-likeness (QED) is 0.701. The molecule has 0 radical (unpaired) electrons. The van der Waals surface area contributed by atoms with Crippen molar-refractivity contribution in [3.63, 3.8) is 0 Å². The zero-order valence-corrected chi connectivity index (χ0v) is 14.8. The third-order valence-corrected chi connectivity index (χ3v) is 4.83. The fourth-order valence-corrected chi connectivity index (χ4v) is 3.37. The van der Waals surface area contributed by atoms with Gasteiger partial charge in [0.2, 0.25) is 11.8 Å². The van der Waals surface area contributed by atoms with E-state index in [1.807, 2.05) is 24.3 Å². The smallest absolute Gasteiger partial charge is 0.249 e. The highest BCUT2D eigenvalue weighted by Crippen LogP contribution is 2.29. The van der Waals surface area contributed by atoms with E-state index >= 15 is 0 Å². The van der Waals surface area contributed by atoms with Crippen molar-refractivity contribution >= 4 is 0 Å². The molecule has 3 aromatic rings. The monoisotopic (exact) mass is 350 g/mol. The minimum atomic E-state index is 0.328. The summed E-state index contributed by atoms with van der Waals surface area (Å²) in [5, 5.41) is 8.45.